The Labute approximate surface area is 516 Å². The third-order valence-electron chi connectivity index (χ3n) is 17.9. The summed E-state index contributed by atoms with van der Waals surface area (Å²) in [6.45, 7) is 3.42. The zero-order valence-electron chi connectivity index (χ0n) is 53.2. The van der Waals surface area contributed by atoms with E-state index in [0.717, 1.165) is 57.8 Å². The van der Waals surface area contributed by atoms with Gasteiger partial charge in [0.1, 0.15) is 73.2 Å². The van der Waals surface area contributed by atoms with Gasteiger partial charge >= 0.3 is 0 Å². The number of carbonyl (C=O) groups is 1. The molecule has 3 rings (SSSR count). The largest absolute Gasteiger partial charge is 0.394 e. The molecule has 21 nitrogen and oxygen atoms in total. The van der Waals surface area contributed by atoms with Gasteiger partial charge < -0.3 is 100 Å². The van der Waals surface area contributed by atoms with E-state index >= 15 is 0 Å². The van der Waals surface area contributed by atoms with Crippen LogP contribution in [0.4, 0.5) is 0 Å². The van der Waals surface area contributed by atoms with Crippen molar-refractivity contribution in [2.75, 3.05) is 19.8 Å². The summed E-state index contributed by atoms with van der Waals surface area (Å²) < 4.78 is 35.1. The fraction of sp³-hybridized carbons (Fsp3) is 0.985. The molecule has 3 heterocycles. The molecule has 86 heavy (non-hydrogen) atoms. The minimum Gasteiger partial charge on any atom is -0.394 e. The molecule has 21 heteroatoms. The van der Waals surface area contributed by atoms with Crippen molar-refractivity contribution in [3.8, 4) is 0 Å². The Morgan fingerprint density at radius 2 is 0.756 bits per heavy atom. The number of amides is 1. The lowest BCUT2D eigenvalue weighted by Crippen LogP contribution is -2.67. The van der Waals surface area contributed by atoms with Gasteiger partial charge in [0.15, 0.2) is 25.0 Å². The summed E-state index contributed by atoms with van der Waals surface area (Å²) in [5.41, 5.74) is 0. The van der Waals surface area contributed by atoms with E-state index in [1.165, 1.54) is 167 Å². The standard InChI is InChI=1S/C65H125NO20/c1-4-6-8-10-12-14-16-18-19-20-21-22-23-24-25-26-27-29-31-33-35-37-39-41-48(70)53(73)62(80)66-46(52(72)47(69)40-38-36-34-32-30-28-17-15-13-11-9-7-5-2)44-81-63-59(79)61(86-64-57(77)55(75)51(71)45(3)82-64)60(50(43-68)84-63)85-65-58(78)56(76)54(74)49(42-67)83-65/h45-61,63-65,67-79H,4-44H2,1-3H3,(H,66,80). The van der Waals surface area contributed by atoms with Gasteiger partial charge in [-0.2, -0.15) is 0 Å². The molecule has 3 saturated heterocycles. The van der Waals surface area contributed by atoms with Gasteiger partial charge in [-0.1, -0.05) is 245 Å². The normalized spacial score (nSPS) is 29.8. The Hall–Kier alpha value is -1.29. The maximum Gasteiger partial charge on any atom is 0.251 e. The molecule has 0 aromatic carbocycles. The quantitative estimate of drug-likeness (QED) is 0.0298. The highest BCUT2D eigenvalue weighted by molar-refractivity contribution is 5.81. The smallest absolute Gasteiger partial charge is 0.251 e. The minimum atomic E-state index is -2.01. The molecule has 3 aliphatic rings. The monoisotopic (exact) mass is 1240 g/mol. The molecule has 0 spiro atoms. The van der Waals surface area contributed by atoms with Gasteiger partial charge in [0.2, 0.25) is 0 Å². The van der Waals surface area contributed by atoms with E-state index in [1.54, 1.807) is 0 Å². The van der Waals surface area contributed by atoms with Crippen LogP contribution < -0.4 is 5.32 Å². The summed E-state index contributed by atoms with van der Waals surface area (Å²) >= 11 is 0. The lowest BCUT2D eigenvalue weighted by atomic mass is 9.96. The molecule has 0 saturated carbocycles. The van der Waals surface area contributed by atoms with Gasteiger partial charge in [0.05, 0.1) is 44.2 Å². The maximum atomic E-state index is 13.7. The van der Waals surface area contributed by atoms with Gasteiger partial charge in [-0.25, -0.2) is 0 Å². The van der Waals surface area contributed by atoms with E-state index in [2.05, 4.69) is 19.2 Å². The number of ether oxygens (including phenoxy) is 6. The highest BCUT2D eigenvalue weighted by atomic mass is 16.8. The Bertz CT molecular complexity index is 1630. The predicted octanol–water partition coefficient (Wildman–Crippen LogP) is 6.27. The van der Waals surface area contributed by atoms with Gasteiger partial charge in [0.25, 0.3) is 5.91 Å². The van der Waals surface area contributed by atoms with Crippen LogP contribution in [-0.4, -0.2) is 215 Å². The molecule has 20 unspecified atom stereocenters. The number of unbranched alkanes of at least 4 members (excludes halogenated alkanes) is 34. The molecule has 3 aliphatic heterocycles. The van der Waals surface area contributed by atoms with Crippen LogP contribution in [0.2, 0.25) is 0 Å². The van der Waals surface area contributed by atoms with E-state index in [-0.39, 0.29) is 12.8 Å². The molecule has 0 aliphatic carbocycles. The number of nitrogens with one attached hydrogen (secondary N) is 1. The summed E-state index contributed by atoms with van der Waals surface area (Å²) in [5, 5.41) is 144. The Kier molecular flexibility index (Phi) is 43.7. The summed E-state index contributed by atoms with van der Waals surface area (Å²) in [6.07, 6.45) is 10.7. The van der Waals surface area contributed by atoms with Crippen molar-refractivity contribution >= 4 is 5.91 Å². The average Bonchev–Trinajstić information content (AvgIpc) is 2.70. The molecule has 0 aromatic rings. The van der Waals surface area contributed by atoms with E-state index in [9.17, 15) is 71.2 Å². The van der Waals surface area contributed by atoms with Crippen LogP contribution in [0.5, 0.6) is 0 Å². The second kappa shape index (κ2) is 47.6. The highest BCUT2D eigenvalue weighted by Gasteiger charge is 2.54. The van der Waals surface area contributed by atoms with E-state index < -0.39 is 148 Å². The summed E-state index contributed by atoms with van der Waals surface area (Å²) in [6, 6.07) is -1.49. The Balaban J connectivity index is 1.57. The zero-order chi connectivity index (χ0) is 63.1. The van der Waals surface area contributed by atoms with Crippen molar-refractivity contribution in [2.45, 2.75) is 387 Å². The Morgan fingerprint density at radius 1 is 0.407 bits per heavy atom. The fourth-order valence-electron chi connectivity index (χ4n) is 12.1. The maximum absolute atomic E-state index is 13.7. The predicted molar refractivity (Wildman–Crippen MR) is 326 cm³/mol. The molecule has 20 atom stereocenters. The molecule has 510 valence electrons. The second-order valence-corrected chi connectivity index (χ2v) is 25.4. The molecule has 1 amide bonds. The summed E-state index contributed by atoms with van der Waals surface area (Å²) in [4.78, 5) is 13.7. The Morgan fingerprint density at radius 3 is 1.16 bits per heavy atom. The average molecular weight is 1240 g/mol. The second-order valence-electron chi connectivity index (χ2n) is 25.4. The van der Waals surface area contributed by atoms with Crippen molar-refractivity contribution < 1.29 is 99.6 Å². The summed E-state index contributed by atoms with van der Waals surface area (Å²) in [5.74, 6) is -1.06. The number of hydrogen-bond donors (Lipinski definition) is 14. The number of aliphatic hydroxyl groups is 13. The lowest BCUT2D eigenvalue weighted by Gasteiger charge is -2.49. The molecule has 0 aromatic heterocycles. The van der Waals surface area contributed by atoms with Crippen LogP contribution in [0.15, 0.2) is 0 Å². The SMILES string of the molecule is CCCCCCCCCCCCCCCCCCCCCCCCCC(O)C(O)C(=O)NC(COC1OC(CO)C(OC2OC(CO)C(O)C(O)C2O)C(OC2OC(C)C(O)C(O)C2O)C1O)C(O)C(O)CCCCCCCCCCCCCCC. The van der Waals surface area contributed by atoms with Crippen LogP contribution in [0.3, 0.4) is 0 Å². The molecule has 0 radical (unpaired) electrons. The molecular weight excluding hydrogens is 1110 g/mol. The number of hydrogen-bond acceptors (Lipinski definition) is 20. The first kappa shape index (κ1) is 78.9. The minimum absolute atomic E-state index is 0.131. The van der Waals surface area contributed by atoms with Crippen molar-refractivity contribution in [2.24, 2.45) is 0 Å². The van der Waals surface area contributed by atoms with Crippen molar-refractivity contribution in [3.05, 3.63) is 0 Å². The van der Waals surface area contributed by atoms with Gasteiger partial charge in [-0.05, 0) is 19.8 Å². The van der Waals surface area contributed by atoms with Crippen molar-refractivity contribution in [1.82, 2.24) is 5.32 Å². The first-order valence-corrected chi connectivity index (χ1v) is 34.4. The molecule has 3 fully saturated rings. The van der Waals surface area contributed by atoms with Gasteiger partial charge in [-0.15, -0.1) is 0 Å². The third kappa shape index (κ3) is 30.0. The number of aliphatic hydroxyl groups excluding tert-OH is 13. The topological polar surface area (TPSA) is 347 Å². The third-order valence-corrected chi connectivity index (χ3v) is 17.9. The number of rotatable bonds is 52. The fourth-order valence-corrected chi connectivity index (χ4v) is 12.1. The highest BCUT2D eigenvalue weighted by Crippen LogP contribution is 2.34. The van der Waals surface area contributed by atoms with Gasteiger partial charge in [-0.3, -0.25) is 4.79 Å². The first-order valence-electron chi connectivity index (χ1n) is 34.4. The van der Waals surface area contributed by atoms with Gasteiger partial charge in [0, 0.05) is 0 Å². The molecular formula is C65H125NO20. The van der Waals surface area contributed by atoms with Crippen LogP contribution in [0.25, 0.3) is 0 Å². The van der Waals surface area contributed by atoms with Crippen molar-refractivity contribution in [1.29, 1.82) is 0 Å². The summed E-state index contributed by atoms with van der Waals surface area (Å²) in [7, 11) is 0. The zero-order valence-corrected chi connectivity index (χ0v) is 53.2. The van der Waals surface area contributed by atoms with Crippen molar-refractivity contribution in [3.63, 3.8) is 0 Å². The molecule has 0 bridgehead atoms. The van der Waals surface area contributed by atoms with Crippen LogP contribution in [0.1, 0.15) is 265 Å². The van der Waals surface area contributed by atoms with E-state index in [4.69, 9.17) is 28.4 Å². The number of carbonyl (C=O) groups excluding carboxylic acids is 1. The first-order chi connectivity index (χ1) is 41.5. The molecule has 14 N–H and O–H groups in total. The lowest BCUT2D eigenvalue weighted by molar-refractivity contribution is -0.386. The van der Waals surface area contributed by atoms with E-state index in [0.29, 0.717) is 12.8 Å². The van der Waals surface area contributed by atoms with Crippen LogP contribution in [-0.2, 0) is 33.2 Å². The van der Waals surface area contributed by atoms with E-state index in [1.807, 2.05) is 0 Å². The van der Waals surface area contributed by atoms with Crippen LogP contribution >= 0.6 is 0 Å². The van der Waals surface area contributed by atoms with Crippen LogP contribution in [0, 0.1) is 0 Å².